The maximum absolute atomic E-state index is 13.5. The van der Waals surface area contributed by atoms with Crippen LogP contribution in [0.25, 0.3) is 0 Å². The van der Waals surface area contributed by atoms with E-state index < -0.39 is 44.5 Å². The second-order valence-electron chi connectivity index (χ2n) is 4.86. The molecule has 1 saturated carbocycles. The highest BCUT2D eigenvalue weighted by Gasteiger charge is 2.43. The van der Waals surface area contributed by atoms with Crippen LogP contribution >= 0.6 is 0 Å². The molecule has 0 bridgehead atoms. The molecule has 1 fully saturated rings. The van der Waals surface area contributed by atoms with E-state index in [0.717, 1.165) is 18.2 Å². The minimum absolute atomic E-state index is 0.328. The summed E-state index contributed by atoms with van der Waals surface area (Å²) in [5.41, 5.74) is -1.15. The van der Waals surface area contributed by atoms with Crippen LogP contribution in [0.2, 0.25) is 0 Å². The summed E-state index contributed by atoms with van der Waals surface area (Å²) in [7, 11) is -4.45. The smallest absolute Gasteiger partial charge is 0.305 e. The van der Waals surface area contributed by atoms with Crippen LogP contribution in [0.15, 0.2) is 23.1 Å². The Morgan fingerprint density at radius 2 is 1.85 bits per heavy atom. The highest BCUT2D eigenvalue weighted by atomic mass is 32.2. The molecule has 2 rings (SSSR count). The Labute approximate surface area is 114 Å². The molecule has 5 nitrogen and oxygen atoms in total. The molecule has 8 heteroatoms. The lowest BCUT2D eigenvalue weighted by Crippen LogP contribution is -2.54. The van der Waals surface area contributed by atoms with Crippen LogP contribution in [0.1, 0.15) is 25.7 Å². The summed E-state index contributed by atoms with van der Waals surface area (Å²) in [6.45, 7) is 0. The van der Waals surface area contributed by atoms with Crippen LogP contribution in [-0.4, -0.2) is 25.0 Å². The second-order valence-corrected chi connectivity index (χ2v) is 6.48. The van der Waals surface area contributed by atoms with Gasteiger partial charge < -0.3 is 5.11 Å². The van der Waals surface area contributed by atoms with E-state index in [1.54, 1.807) is 0 Å². The van der Waals surface area contributed by atoms with Crippen LogP contribution in [0.4, 0.5) is 8.78 Å². The van der Waals surface area contributed by atoms with Gasteiger partial charge in [0.25, 0.3) is 0 Å². The standard InChI is InChI=1S/C12H13F2NO4S/c13-8-3-1-4-9(14)11(8)20(18,19)15-12(5-2-6-12)7-10(16)17/h1,3-4,15H,2,5-7H2,(H,16,17). The van der Waals surface area contributed by atoms with Gasteiger partial charge in [-0.3, -0.25) is 4.79 Å². The van der Waals surface area contributed by atoms with Crippen molar-refractivity contribution < 1.29 is 27.1 Å². The van der Waals surface area contributed by atoms with Crippen molar-refractivity contribution >= 4 is 16.0 Å². The molecule has 1 aliphatic rings. The van der Waals surface area contributed by atoms with Crippen LogP contribution in [0.5, 0.6) is 0 Å². The highest BCUT2D eigenvalue weighted by Crippen LogP contribution is 2.36. The zero-order chi connectivity index (χ0) is 15.0. The average Bonchev–Trinajstić information content (AvgIpc) is 2.24. The van der Waals surface area contributed by atoms with Crippen LogP contribution in [-0.2, 0) is 14.8 Å². The number of carboxylic acids is 1. The molecule has 0 heterocycles. The number of rotatable bonds is 5. The largest absolute Gasteiger partial charge is 0.481 e. The van der Waals surface area contributed by atoms with Crippen molar-refractivity contribution in [2.75, 3.05) is 0 Å². The van der Waals surface area contributed by atoms with E-state index in [4.69, 9.17) is 5.11 Å². The van der Waals surface area contributed by atoms with E-state index in [2.05, 4.69) is 4.72 Å². The van der Waals surface area contributed by atoms with Crippen LogP contribution < -0.4 is 4.72 Å². The zero-order valence-electron chi connectivity index (χ0n) is 10.4. The monoisotopic (exact) mass is 305 g/mol. The zero-order valence-corrected chi connectivity index (χ0v) is 11.2. The molecular formula is C12H13F2NO4S. The van der Waals surface area contributed by atoms with Gasteiger partial charge in [0.15, 0.2) is 4.90 Å². The Morgan fingerprint density at radius 3 is 2.25 bits per heavy atom. The number of carbonyl (C=O) groups is 1. The number of nitrogens with one attached hydrogen (secondary N) is 1. The van der Waals surface area contributed by atoms with Crippen molar-refractivity contribution in [1.29, 1.82) is 0 Å². The summed E-state index contributed by atoms with van der Waals surface area (Å²) in [6.07, 6.45) is 0.904. The van der Waals surface area contributed by atoms with Gasteiger partial charge in [-0.25, -0.2) is 21.9 Å². The predicted octanol–water partition coefficient (Wildman–Crippen LogP) is 1.64. The van der Waals surface area contributed by atoms with E-state index in [0.29, 0.717) is 19.3 Å². The van der Waals surface area contributed by atoms with Crippen molar-refractivity contribution in [1.82, 2.24) is 4.72 Å². The van der Waals surface area contributed by atoms with E-state index in [-0.39, 0.29) is 0 Å². The lowest BCUT2D eigenvalue weighted by atomic mass is 9.75. The summed E-state index contributed by atoms with van der Waals surface area (Å²) in [5.74, 6) is -3.58. The van der Waals surface area contributed by atoms with Gasteiger partial charge in [-0.2, -0.15) is 0 Å². The first-order chi connectivity index (χ1) is 9.26. The maximum Gasteiger partial charge on any atom is 0.305 e. The predicted molar refractivity (Wildman–Crippen MR) is 65.5 cm³/mol. The number of aliphatic carboxylic acids is 1. The summed E-state index contributed by atoms with van der Waals surface area (Å²) < 4.78 is 53.4. The van der Waals surface area contributed by atoms with Gasteiger partial charge in [0.2, 0.25) is 10.0 Å². The molecule has 0 aliphatic heterocycles. The van der Waals surface area contributed by atoms with Gasteiger partial charge >= 0.3 is 5.97 Å². The third-order valence-electron chi connectivity index (χ3n) is 3.34. The fourth-order valence-corrected chi connectivity index (χ4v) is 3.88. The third kappa shape index (κ3) is 2.80. The van der Waals surface area contributed by atoms with Gasteiger partial charge in [0.05, 0.1) is 6.42 Å². The fourth-order valence-electron chi connectivity index (χ4n) is 2.28. The maximum atomic E-state index is 13.5. The Balaban J connectivity index is 2.34. The highest BCUT2D eigenvalue weighted by molar-refractivity contribution is 7.89. The Hall–Kier alpha value is -1.54. The minimum Gasteiger partial charge on any atom is -0.481 e. The molecule has 110 valence electrons. The summed E-state index contributed by atoms with van der Waals surface area (Å²) in [4.78, 5) is 9.71. The minimum atomic E-state index is -4.45. The second kappa shape index (κ2) is 5.10. The summed E-state index contributed by atoms with van der Waals surface area (Å²) >= 11 is 0. The molecule has 0 saturated heterocycles. The molecule has 0 atom stereocenters. The average molecular weight is 305 g/mol. The third-order valence-corrected chi connectivity index (χ3v) is 4.97. The summed E-state index contributed by atoms with van der Waals surface area (Å²) in [6, 6.07) is 2.73. The molecule has 0 aromatic heterocycles. The number of halogens is 2. The van der Waals surface area contributed by atoms with Crippen molar-refractivity contribution in [2.45, 2.75) is 36.1 Å². The van der Waals surface area contributed by atoms with Crippen molar-refractivity contribution in [3.63, 3.8) is 0 Å². The fraction of sp³-hybridized carbons (Fsp3) is 0.417. The molecule has 1 aromatic rings. The summed E-state index contributed by atoms with van der Waals surface area (Å²) in [5, 5.41) is 8.81. The number of hydrogen-bond donors (Lipinski definition) is 2. The normalized spacial score (nSPS) is 17.5. The molecule has 1 aliphatic carbocycles. The first-order valence-corrected chi connectivity index (χ1v) is 7.44. The Kier molecular flexibility index (Phi) is 3.79. The number of benzene rings is 1. The topological polar surface area (TPSA) is 83.5 Å². The SMILES string of the molecule is O=C(O)CC1(NS(=O)(=O)c2c(F)cccc2F)CCC1. The molecule has 20 heavy (non-hydrogen) atoms. The van der Waals surface area contributed by atoms with Crippen molar-refractivity contribution in [2.24, 2.45) is 0 Å². The first-order valence-electron chi connectivity index (χ1n) is 5.96. The van der Waals surface area contributed by atoms with Gasteiger partial charge in [0, 0.05) is 5.54 Å². The Morgan fingerprint density at radius 1 is 1.30 bits per heavy atom. The first kappa shape index (κ1) is 14.9. The molecule has 0 amide bonds. The molecule has 1 aromatic carbocycles. The molecule has 0 radical (unpaired) electrons. The van der Waals surface area contributed by atoms with Gasteiger partial charge in [0.1, 0.15) is 11.6 Å². The van der Waals surface area contributed by atoms with E-state index in [1.165, 1.54) is 0 Å². The molecule has 2 N–H and O–H groups in total. The lowest BCUT2D eigenvalue weighted by Gasteiger charge is -2.40. The number of hydrogen-bond acceptors (Lipinski definition) is 3. The van der Waals surface area contributed by atoms with Gasteiger partial charge in [-0.1, -0.05) is 6.07 Å². The molecule has 0 unspecified atom stereocenters. The van der Waals surface area contributed by atoms with E-state index in [1.807, 2.05) is 0 Å². The van der Waals surface area contributed by atoms with E-state index in [9.17, 15) is 22.0 Å². The van der Waals surface area contributed by atoms with Crippen molar-refractivity contribution in [3.8, 4) is 0 Å². The van der Waals surface area contributed by atoms with Crippen LogP contribution in [0.3, 0.4) is 0 Å². The van der Waals surface area contributed by atoms with Crippen molar-refractivity contribution in [3.05, 3.63) is 29.8 Å². The Bertz CT molecular complexity index is 621. The lowest BCUT2D eigenvalue weighted by molar-refractivity contribution is -0.139. The van der Waals surface area contributed by atoms with E-state index >= 15 is 0 Å². The quantitative estimate of drug-likeness (QED) is 0.866. The van der Waals surface area contributed by atoms with Gasteiger partial charge in [-0.15, -0.1) is 0 Å². The number of sulfonamides is 1. The van der Waals surface area contributed by atoms with Crippen LogP contribution in [0, 0.1) is 11.6 Å². The molecular weight excluding hydrogens is 292 g/mol. The molecule has 0 spiro atoms. The number of carboxylic acid groups (broad SMARTS) is 1. The van der Waals surface area contributed by atoms with Gasteiger partial charge in [-0.05, 0) is 31.4 Å².